The monoisotopic (exact) mass is 408 g/mol. The number of anilines is 1. The summed E-state index contributed by atoms with van der Waals surface area (Å²) in [6.45, 7) is 1.89. The van der Waals surface area contributed by atoms with Crippen LogP contribution in [0.3, 0.4) is 0 Å². The molecule has 5 nitrogen and oxygen atoms in total. The number of benzene rings is 1. The summed E-state index contributed by atoms with van der Waals surface area (Å²) < 4.78 is 46.1. The summed E-state index contributed by atoms with van der Waals surface area (Å²) in [5.41, 5.74) is 0.242. The lowest BCUT2D eigenvalue weighted by atomic mass is 10.0. The Bertz CT molecular complexity index is 1040. The summed E-state index contributed by atoms with van der Waals surface area (Å²) in [7, 11) is 0. The van der Waals surface area contributed by atoms with E-state index < -0.39 is 17.8 Å². The molecule has 1 aliphatic rings. The van der Waals surface area contributed by atoms with Crippen LogP contribution in [0.4, 0.5) is 19.0 Å². The fourth-order valence-electron chi connectivity index (χ4n) is 3.24. The van der Waals surface area contributed by atoms with Crippen molar-refractivity contribution in [2.45, 2.75) is 32.0 Å². The van der Waals surface area contributed by atoms with Crippen LogP contribution in [0.2, 0.25) is 5.15 Å². The van der Waals surface area contributed by atoms with E-state index in [0.29, 0.717) is 41.0 Å². The van der Waals surface area contributed by atoms with Gasteiger partial charge in [0.25, 0.3) is 0 Å². The van der Waals surface area contributed by atoms with Gasteiger partial charge in [0, 0.05) is 17.4 Å². The van der Waals surface area contributed by atoms with Crippen LogP contribution < -0.4 is 10.1 Å². The van der Waals surface area contributed by atoms with Gasteiger partial charge in [-0.25, -0.2) is 15.0 Å². The fourth-order valence-corrected chi connectivity index (χ4v) is 3.40. The third-order valence-electron chi connectivity index (χ3n) is 4.56. The molecule has 3 aromatic rings. The van der Waals surface area contributed by atoms with Crippen molar-refractivity contribution in [3.05, 3.63) is 52.6 Å². The van der Waals surface area contributed by atoms with Crippen molar-refractivity contribution >= 4 is 28.3 Å². The number of para-hydroxylation sites is 1. The van der Waals surface area contributed by atoms with Crippen molar-refractivity contribution in [2.75, 3.05) is 11.9 Å². The van der Waals surface area contributed by atoms with Crippen LogP contribution >= 0.6 is 11.6 Å². The summed E-state index contributed by atoms with van der Waals surface area (Å²) in [5.74, 6) is 0.918. The largest absolute Gasteiger partial charge is 0.493 e. The van der Waals surface area contributed by atoms with Crippen molar-refractivity contribution in [3.63, 3.8) is 0 Å². The molecule has 0 fully saturated rings. The number of pyridine rings is 1. The quantitative estimate of drug-likeness (QED) is 0.518. The molecule has 1 aromatic carbocycles. The molecule has 1 N–H and O–H groups in total. The van der Waals surface area contributed by atoms with Crippen LogP contribution in [0.25, 0.3) is 10.9 Å². The van der Waals surface area contributed by atoms with Gasteiger partial charge in [-0.2, -0.15) is 13.2 Å². The number of hydrogen-bond acceptors (Lipinski definition) is 5. The molecule has 0 saturated heterocycles. The van der Waals surface area contributed by atoms with Crippen LogP contribution in [0.5, 0.6) is 5.75 Å². The second-order valence-electron chi connectivity index (χ2n) is 6.55. The van der Waals surface area contributed by atoms with Crippen molar-refractivity contribution in [2.24, 2.45) is 0 Å². The highest BCUT2D eigenvalue weighted by atomic mass is 35.5. The van der Waals surface area contributed by atoms with Gasteiger partial charge in [0.15, 0.2) is 0 Å². The molecule has 3 heterocycles. The van der Waals surface area contributed by atoms with Gasteiger partial charge >= 0.3 is 6.18 Å². The Hall–Kier alpha value is -2.61. The molecule has 0 saturated carbocycles. The summed E-state index contributed by atoms with van der Waals surface area (Å²) in [6, 6.07) is 5.19. The van der Waals surface area contributed by atoms with Crippen molar-refractivity contribution in [3.8, 4) is 5.75 Å². The van der Waals surface area contributed by atoms with E-state index in [1.54, 1.807) is 25.3 Å². The predicted molar refractivity (Wildman–Crippen MR) is 99.6 cm³/mol. The molecule has 2 bridgehead atoms. The van der Waals surface area contributed by atoms with Gasteiger partial charge in [0.2, 0.25) is 0 Å². The van der Waals surface area contributed by atoms with Crippen molar-refractivity contribution in [1.29, 1.82) is 0 Å². The summed E-state index contributed by atoms with van der Waals surface area (Å²) in [6.07, 6.45) is -2.00. The molecule has 0 amide bonds. The third kappa shape index (κ3) is 3.56. The number of aryl methyl sites for hydroxylation is 1. The molecule has 2 aromatic heterocycles. The van der Waals surface area contributed by atoms with Gasteiger partial charge in [0.1, 0.15) is 22.5 Å². The molecule has 28 heavy (non-hydrogen) atoms. The molecule has 146 valence electrons. The predicted octanol–water partition coefficient (Wildman–Crippen LogP) is 5.20. The van der Waals surface area contributed by atoms with E-state index in [-0.39, 0.29) is 17.5 Å². The number of fused-ring (bicyclic) bond motifs is 5. The van der Waals surface area contributed by atoms with E-state index in [4.69, 9.17) is 16.3 Å². The lowest BCUT2D eigenvalue weighted by Crippen LogP contribution is -2.15. The number of alkyl halides is 3. The van der Waals surface area contributed by atoms with Crippen LogP contribution in [0, 0.1) is 0 Å². The van der Waals surface area contributed by atoms with Gasteiger partial charge in [-0.15, -0.1) is 0 Å². The number of hydrogen-bond donors (Lipinski definition) is 1. The lowest BCUT2D eigenvalue weighted by molar-refractivity contribution is -0.139. The first kappa shape index (κ1) is 18.7. The Morgan fingerprint density at radius 1 is 1.25 bits per heavy atom. The second kappa shape index (κ2) is 7.09. The first-order valence-electron chi connectivity index (χ1n) is 8.74. The lowest BCUT2D eigenvalue weighted by Gasteiger charge is -2.22. The van der Waals surface area contributed by atoms with Crippen molar-refractivity contribution < 1.29 is 17.9 Å². The first-order valence-corrected chi connectivity index (χ1v) is 9.12. The number of rotatable bonds is 0. The Balaban J connectivity index is 1.86. The summed E-state index contributed by atoms with van der Waals surface area (Å²) in [5, 5.41) is 4.14. The number of aromatic nitrogens is 3. The average molecular weight is 409 g/mol. The zero-order valence-electron chi connectivity index (χ0n) is 14.8. The molecule has 0 radical (unpaired) electrons. The van der Waals surface area contributed by atoms with Gasteiger partial charge in [-0.1, -0.05) is 23.7 Å². The highest BCUT2D eigenvalue weighted by Crippen LogP contribution is 2.41. The standard InChI is InChI=1S/C19H16ClF3N4O/c1-10-11-4-2-5-13(19(21,22)23)17(11)28-7-3-6-16-26-14-9-24-15(20)8-12(14)18(25-10)27-16/h2,4-5,8-10H,3,6-7H2,1H3,(H,25,26,27)/t10-/m1/s1. The maximum atomic E-state index is 13.5. The summed E-state index contributed by atoms with van der Waals surface area (Å²) in [4.78, 5) is 13.1. The Morgan fingerprint density at radius 3 is 2.86 bits per heavy atom. The van der Waals surface area contributed by atoms with Crippen LogP contribution in [-0.2, 0) is 12.6 Å². The highest BCUT2D eigenvalue weighted by Gasteiger charge is 2.36. The molecule has 1 atom stereocenters. The number of ether oxygens (including phenoxy) is 1. The van der Waals surface area contributed by atoms with E-state index in [0.717, 1.165) is 6.07 Å². The average Bonchev–Trinajstić information content (AvgIpc) is 2.66. The topological polar surface area (TPSA) is 59.9 Å². The van der Waals surface area contributed by atoms with E-state index in [9.17, 15) is 13.2 Å². The zero-order valence-corrected chi connectivity index (χ0v) is 15.6. The first-order chi connectivity index (χ1) is 13.3. The zero-order chi connectivity index (χ0) is 19.9. The molecule has 1 aliphatic heterocycles. The molecular weight excluding hydrogens is 393 g/mol. The number of halogens is 4. The normalized spacial score (nSPS) is 17.2. The van der Waals surface area contributed by atoms with Gasteiger partial charge in [-0.05, 0) is 25.5 Å². The molecule has 9 heteroatoms. The molecule has 4 rings (SSSR count). The minimum absolute atomic E-state index is 0.127. The minimum atomic E-state index is -4.51. The SMILES string of the molecule is C[C@H]1Nc2nc(nc3cnc(Cl)cc23)CCCOc2c1cccc2C(F)(F)F. The molecular formula is C19H16ClF3N4O. The number of nitrogens with one attached hydrogen (secondary N) is 1. The van der Waals surface area contributed by atoms with E-state index in [1.165, 1.54) is 6.07 Å². The fraction of sp³-hybridized carbons (Fsp3) is 0.316. The maximum Gasteiger partial charge on any atom is 0.419 e. The van der Waals surface area contributed by atoms with Crippen molar-refractivity contribution in [1.82, 2.24) is 15.0 Å². The third-order valence-corrected chi connectivity index (χ3v) is 4.76. The Morgan fingerprint density at radius 2 is 2.07 bits per heavy atom. The minimum Gasteiger partial charge on any atom is -0.493 e. The van der Waals surface area contributed by atoms with E-state index >= 15 is 0 Å². The molecule has 0 aliphatic carbocycles. The smallest absolute Gasteiger partial charge is 0.419 e. The van der Waals surface area contributed by atoms with Crippen LogP contribution in [-0.4, -0.2) is 21.6 Å². The van der Waals surface area contributed by atoms with Crippen LogP contribution in [0.1, 0.15) is 36.3 Å². The van der Waals surface area contributed by atoms with E-state index in [2.05, 4.69) is 20.3 Å². The number of nitrogens with zero attached hydrogens (tertiary/aromatic N) is 3. The van der Waals surface area contributed by atoms with Crippen LogP contribution in [0.15, 0.2) is 30.5 Å². The van der Waals surface area contributed by atoms with Gasteiger partial charge in [-0.3, -0.25) is 0 Å². The van der Waals surface area contributed by atoms with Gasteiger partial charge in [0.05, 0.1) is 29.9 Å². The molecule has 0 unspecified atom stereocenters. The highest BCUT2D eigenvalue weighted by molar-refractivity contribution is 6.30. The second-order valence-corrected chi connectivity index (χ2v) is 6.94. The van der Waals surface area contributed by atoms with E-state index in [1.807, 2.05) is 0 Å². The Kier molecular flexibility index (Phi) is 4.74. The van der Waals surface area contributed by atoms with Gasteiger partial charge < -0.3 is 10.1 Å². The summed E-state index contributed by atoms with van der Waals surface area (Å²) >= 11 is 6.01. The Labute approximate surface area is 163 Å². The maximum absolute atomic E-state index is 13.5. The molecule has 0 spiro atoms.